The number of anilines is 1. The van der Waals surface area contributed by atoms with Gasteiger partial charge in [-0.15, -0.1) is 0 Å². The number of nitrogens with one attached hydrogen (secondary N) is 1. The Balaban J connectivity index is 1.61. The Labute approximate surface area is 243 Å². The lowest BCUT2D eigenvalue weighted by Crippen LogP contribution is -2.39. The van der Waals surface area contributed by atoms with Gasteiger partial charge >= 0.3 is 19.4 Å². The number of carbonyl (C=O) groups excluding carboxylic acids is 1. The van der Waals surface area contributed by atoms with Crippen molar-refractivity contribution >= 4 is 19.5 Å². The van der Waals surface area contributed by atoms with Gasteiger partial charge in [-0.2, -0.15) is 10.1 Å². The third-order valence-corrected chi connectivity index (χ3v) is 8.56. The number of alkyl halides is 1. The average Bonchev–Trinajstić information content (AvgIpc) is 3.16. The number of aromatic nitrogens is 2. The molecule has 2 aliphatic rings. The monoisotopic (exact) mass is 608 g/mol. The number of ether oxygens (including phenoxy) is 3. The van der Waals surface area contributed by atoms with Gasteiger partial charge in [-0.3, -0.25) is 13.9 Å². The van der Waals surface area contributed by atoms with Crippen LogP contribution in [0.5, 0.6) is 5.75 Å². The predicted molar refractivity (Wildman–Crippen MR) is 152 cm³/mol. The van der Waals surface area contributed by atoms with E-state index in [4.69, 9.17) is 29.0 Å². The third-order valence-electron chi connectivity index (χ3n) is 6.92. The molecule has 0 spiro atoms. The molecule has 7 atom stereocenters. The molecule has 1 aromatic heterocycles. The van der Waals surface area contributed by atoms with Crippen LogP contribution < -0.4 is 21.0 Å². The Kier molecular flexibility index (Phi) is 10.6. The van der Waals surface area contributed by atoms with E-state index < -0.39 is 62.1 Å². The van der Waals surface area contributed by atoms with E-state index in [-0.39, 0.29) is 23.7 Å². The number of nitrogens with zero attached hydrogens (tertiary/aromatic N) is 2. The molecular formula is C28H38FN4O8P. The highest BCUT2D eigenvalue weighted by Crippen LogP contribution is 2.49. The van der Waals surface area contributed by atoms with Crippen LogP contribution in [0.4, 0.5) is 10.2 Å². The average molecular weight is 609 g/mol. The van der Waals surface area contributed by atoms with Crippen molar-refractivity contribution in [3.8, 4) is 5.75 Å². The number of halogens is 1. The zero-order valence-corrected chi connectivity index (χ0v) is 24.8. The van der Waals surface area contributed by atoms with Gasteiger partial charge in [-0.05, 0) is 63.8 Å². The molecule has 0 amide bonds. The molecule has 1 aromatic carbocycles. The van der Waals surface area contributed by atoms with Crippen molar-refractivity contribution in [3.63, 3.8) is 0 Å². The van der Waals surface area contributed by atoms with E-state index >= 15 is 4.39 Å². The zero-order chi connectivity index (χ0) is 30.4. The Morgan fingerprint density at radius 2 is 2.00 bits per heavy atom. The van der Waals surface area contributed by atoms with Crippen LogP contribution in [0.3, 0.4) is 0 Å². The number of nitrogens with two attached hydrogens (primary N) is 1. The first-order chi connectivity index (χ1) is 20.0. The number of rotatable bonds is 12. The van der Waals surface area contributed by atoms with Gasteiger partial charge in [0.15, 0.2) is 12.5 Å². The fraction of sp³-hybridized carbons (Fsp3) is 0.536. The van der Waals surface area contributed by atoms with E-state index in [0.717, 1.165) is 17.4 Å². The lowest BCUT2D eigenvalue weighted by Gasteiger charge is -2.30. The van der Waals surface area contributed by atoms with Crippen molar-refractivity contribution in [2.45, 2.75) is 76.8 Å². The Hall–Kier alpha value is -3.09. The molecule has 12 nitrogen and oxygen atoms in total. The number of nitrogen functional groups attached to an aromatic ring is 1. The fourth-order valence-corrected chi connectivity index (χ4v) is 6.40. The fourth-order valence-electron chi connectivity index (χ4n) is 4.88. The molecule has 1 aliphatic carbocycles. The van der Waals surface area contributed by atoms with E-state index in [1.807, 2.05) is 0 Å². The van der Waals surface area contributed by atoms with E-state index in [2.05, 4.69) is 16.7 Å². The van der Waals surface area contributed by atoms with Crippen molar-refractivity contribution in [1.82, 2.24) is 14.6 Å². The minimum atomic E-state index is -4.27. The molecule has 1 saturated carbocycles. The topological polar surface area (TPSA) is 153 Å². The highest BCUT2D eigenvalue weighted by atomic mass is 31.2. The van der Waals surface area contributed by atoms with Crippen LogP contribution in [0.2, 0.25) is 0 Å². The van der Waals surface area contributed by atoms with Gasteiger partial charge in [0.25, 0.3) is 0 Å². The molecule has 4 rings (SSSR count). The second-order valence-corrected chi connectivity index (χ2v) is 12.2. The lowest BCUT2D eigenvalue weighted by molar-refractivity contribution is -0.205. The second-order valence-electron chi connectivity index (χ2n) is 10.5. The molecule has 2 unspecified atom stereocenters. The van der Waals surface area contributed by atoms with Crippen LogP contribution in [0.25, 0.3) is 0 Å². The van der Waals surface area contributed by atoms with Gasteiger partial charge in [0, 0.05) is 18.7 Å². The zero-order valence-electron chi connectivity index (χ0n) is 23.9. The highest BCUT2D eigenvalue weighted by molar-refractivity contribution is 7.52. The van der Waals surface area contributed by atoms with Crippen LogP contribution in [0, 0.1) is 5.92 Å². The minimum Gasteiger partial charge on any atom is -0.462 e. The molecule has 14 heteroatoms. The number of para-hydroxylation sites is 1. The lowest BCUT2D eigenvalue weighted by atomic mass is 10.0. The van der Waals surface area contributed by atoms with E-state index in [9.17, 15) is 14.2 Å². The molecule has 0 radical (unpaired) electrons. The van der Waals surface area contributed by atoms with Crippen LogP contribution in [-0.4, -0.2) is 59.4 Å². The predicted octanol–water partition coefficient (Wildman–Crippen LogP) is 3.94. The number of hydrogen-bond donors (Lipinski definition) is 2. The summed E-state index contributed by atoms with van der Waals surface area (Å²) in [6.45, 7) is 9.00. The van der Waals surface area contributed by atoms with Crippen LogP contribution >= 0.6 is 7.75 Å². The minimum absolute atomic E-state index is 0.00579. The maximum atomic E-state index is 16.2. The summed E-state index contributed by atoms with van der Waals surface area (Å²) < 4.78 is 59.9. The van der Waals surface area contributed by atoms with E-state index in [0.29, 0.717) is 13.0 Å². The maximum Gasteiger partial charge on any atom is 0.459 e. The van der Waals surface area contributed by atoms with Gasteiger partial charge in [0.05, 0.1) is 18.8 Å². The molecule has 2 aromatic rings. The van der Waals surface area contributed by atoms with Crippen LogP contribution in [0.1, 0.15) is 46.1 Å². The van der Waals surface area contributed by atoms with Crippen molar-refractivity contribution in [2.75, 3.05) is 18.9 Å². The Morgan fingerprint density at radius 3 is 2.64 bits per heavy atom. The first-order valence-corrected chi connectivity index (χ1v) is 15.4. The third kappa shape index (κ3) is 7.84. The molecule has 1 aliphatic heterocycles. The number of carbonyl (C=O) groups is 1. The maximum absolute atomic E-state index is 16.2. The van der Waals surface area contributed by atoms with Crippen LogP contribution in [-0.2, 0) is 28.1 Å². The number of hydrogen-bond acceptors (Lipinski definition) is 10. The molecular weight excluding hydrogens is 570 g/mol. The summed E-state index contributed by atoms with van der Waals surface area (Å²) in [5.41, 5.74) is 5.14. The second kappa shape index (κ2) is 13.9. The van der Waals surface area contributed by atoms with Gasteiger partial charge in [0.2, 0.25) is 0 Å². The standard InChI is InChI=1S/C28H38FN4O8P/c1-17(2)39-27(34)19(4)32-42(36,41-20-10-6-5-7-11-20)38-16-21-18(3)25(33-14-13-22(30)31-28(33)35)24(29)26(21)40-23-12-8-9-15-37-23/h5-7,10-11,13-14,17,19,21,23-26H,3,8-9,12,15-16H2,1-2,4H3,(H,32,36)(H2,30,31,35)/t19-,21-,23?,24+,25+,26+,42?/m0/s1. The summed E-state index contributed by atoms with van der Waals surface area (Å²) >= 11 is 0. The van der Waals surface area contributed by atoms with E-state index in [1.54, 1.807) is 44.2 Å². The normalized spacial score (nSPS) is 26.5. The van der Waals surface area contributed by atoms with Gasteiger partial charge in [-0.25, -0.2) is 13.8 Å². The summed E-state index contributed by atoms with van der Waals surface area (Å²) in [7, 11) is -4.27. The molecule has 1 saturated heterocycles. The summed E-state index contributed by atoms with van der Waals surface area (Å²) in [5, 5.41) is 2.62. The molecule has 0 bridgehead atoms. The van der Waals surface area contributed by atoms with Gasteiger partial charge < -0.3 is 24.5 Å². The summed E-state index contributed by atoms with van der Waals surface area (Å²) in [4.78, 5) is 28.9. The Bertz CT molecular complexity index is 1340. The first kappa shape index (κ1) is 31.8. The van der Waals surface area contributed by atoms with E-state index in [1.165, 1.54) is 19.2 Å². The van der Waals surface area contributed by atoms with Gasteiger partial charge in [0.1, 0.15) is 23.7 Å². The van der Waals surface area contributed by atoms with Crippen LogP contribution in [0.15, 0.2) is 59.5 Å². The SMILES string of the molecule is C=C1[C@@H](n2ccc(N)nc2=O)[C@@H](F)[C@H](OC2CCCCO2)[C@H]1COP(=O)(N[C@@H](C)C(=O)OC(C)C)Oc1ccccc1. The smallest absolute Gasteiger partial charge is 0.459 e. The molecule has 42 heavy (non-hydrogen) atoms. The summed E-state index contributed by atoms with van der Waals surface area (Å²) in [6.07, 6.45) is -0.374. The van der Waals surface area contributed by atoms with Crippen molar-refractivity contribution in [1.29, 1.82) is 0 Å². The van der Waals surface area contributed by atoms with Crippen molar-refractivity contribution in [2.24, 2.45) is 5.92 Å². The Morgan fingerprint density at radius 1 is 1.26 bits per heavy atom. The number of esters is 1. The summed E-state index contributed by atoms with van der Waals surface area (Å²) in [6, 6.07) is 7.41. The first-order valence-electron chi connectivity index (χ1n) is 13.9. The largest absolute Gasteiger partial charge is 0.462 e. The van der Waals surface area contributed by atoms with Crippen molar-refractivity contribution in [3.05, 3.63) is 65.2 Å². The molecule has 2 heterocycles. The molecule has 2 fully saturated rings. The molecule has 3 N–H and O–H groups in total. The highest BCUT2D eigenvalue weighted by Gasteiger charge is 2.51. The van der Waals surface area contributed by atoms with Gasteiger partial charge in [-0.1, -0.05) is 24.8 Å². The number of benzene rings is 1. The quantitative estimate of drug-likeness (QED) is 0.205. The summed E-state index contributed by atoms with van der Waals surface area (Å²) in [5.74, 6) is -1.33. The molecule has 230 valence electrons. The van der Waals surface area contributed by atoms with Crippen molar-refractivity contribution < 1.29 is 37.0 Å².